The van der Waals surface area contributed by atoms with E-state index in [9.17, 15) is 18.4 Å². The van der Waals surface area contributed by atoms with Crippen LogP contribution in [0, 0.1) is 11.8 Å². The molecule has 21 heavy (non-hydrogen) atoms. The average Bonchev–Trinajstić information content (AvgIpc) is 2.90. The van der Waals surface area contributed by atoms with Crippen molar-refractivity contribution in [1.29, 1.82) is 0 Å². The predicted octanol–water partition coefficient (Wildman–Crippen LogP) is 3.44. The molecule has 0 aromatic heterocycles. The van der Waals surface area contributed by atoms with E-state index in [1.54, 1.807) is 12.1 Å². The first-order valence-corrected chi connectivity index (χ1v) is 7.42. The lowest BCUT2D eigenvalue weighted by Crippen LogP contribution is -2.21. The maximum Gasteiger partial charge on any atom is 0.306 e. The summed E-state index contributed by atoms with van der Waals surface area (Å²) >= 11 is 0.444. The molecule has 4 nitrogen and oxygen atoms in total. The molecule has 114 valence electrons. The Bertz CT molecular complexity index is 521. The third-order valence-corrected chi connectivity index (χ3v) is 4.22. The van der Waals surface area contributed by atoms with E-state index in [1.807, 2.05) is 0 Å². The molecule has 0 heterocycles. The van der Waals surface area contributed by atoms with Crippen molar-refractivity contribution in [2.75, 3.05) is 5.32 Å². The van der Waals surface area contributed by atoms with Crippen LogP contribution >= 0.6 is 11.8 Å². The number of carbonyl (C=O) groups is 2. The molecule has 7 heteroatoms. The van der Waals surface area contributed by atoms with E-state index in [2.05, 4.69) is 5.32 Å². The number of hydrogen-bond donors (Lipinski definition) is 2. The highest BCUT2D eigenvalue weighted by molar-refractivity contribution is 7.99. The van der Waals surface area contributed by atoms with Crippen LogP contribution in [0.15, 0.2) is 29.2 Å². The van der Waals surface area contributed by atoms with Crippen molar-refractivity contribution in [2.24, 2.45) is 11.8 Å². The zero-order valence-corrected chi connectivity index (χ0v) is 11.9. The van der Waals surface area contributed by atoms with Gasteiger partial charge in [0.15, 0.2) is 0 Å². The lowest BCUT2D eigenvalue weighted by molar-refractivity contribution is -0.141. The summed E-state index contributed by atoms with van der Waals surface area (Å²) in [5, 5.41) is 11.6. The number of thioether (sulfide) groups is 1. The number of halogens is 2. The van der Waals surface area contributed by atoms with Gasteiger partial charge in [0, 0.05) is 16.5 Å². The lowest BCUT2D eigenvalue weighted by atomic mass is 10.0. The summed E-state index contributed by atoms with van der Waals surface area (Å²) in [6.07, 6.45) is 1.42. The highest BCUT2D eigenvalue weighted by Gasteiger charge is 2.33. The minimum absolute atomic E-state index is 0.215. The maximum absolute atomic E-state index is 12.2. The molecular formula is C14H15F2NO3S. The summed E-state index contributed by atoms with van der Waals surface area (Å²) in [6, 6.07) is 6.15. The van der Waals surface area contributed by atoms with Crippen molar-refractivity contribution in [3.05, 3.63) is 24.3 Å². The van der Waals surface area contributed by atoms with Crippen LogP contribution < -0.4 is 5.32 Å². The van der Waals surface area contributed by atoms with E-state index >= 15 is 0 Å². The first-order valence-electron chi connectivity index (χ1n) is 6.54. The Labute approximate surface area is 124 Å². The predicted molar refractivity (Wildman–Crippen MR) is 75.4 cm³/mol. The third kappa shape index (κ3) is 4.42. The standard InChI is InChI=1S/C14H15F2NO3S/c15-14(16)21-11-5-3-10(4-6-11)17-12(18)8-1-2-9(7-8)13(19)20/h3-6,8-9,14H,1-2,7H2,(H,17,18)(H,19,20). The van der Waals surface area contributed by atoms with Crippen LogP contribution in [-0.2, 0) is 9.59 Å². The van der Waals surface area contributed by atoms with Gasteiger partial charge in [-0.1, -0.05) is 11.8 Å². The molecule has 1 aromatic carbocycles. The van der Waals surface area contributed by atoms with Crippen molar-refractivity contribution in [3.63, 3.8) is 0 Å². The summed E-state index contributed by atoms with van der Waals surface area (Å²) < 4.78 is 24.4. The Morgan fingerprint density at radius 3 is 2.33 bits per heavy atom. The van der Waals surface area contributed by atoms with Crippen LogP contribution in [0.5, 0.6) is 0 Å². The normalized spacial score (nSPS) is 21.5. The quantitative estimate of drug-likeness (QED) is 0.817. The van der Waals surface area contributed by atoms with Gasteiger partial charge in [0.2, 0.25) is 5.91 Å². The smallest absolute Gasteiger partial charge is 0.306 e. The molecule has 2 atom stereocenters. The molecule has 2 rings (SSSR count). The number of carboxylic acids is 1. The molecular weight excluding hydrogens is 300 g/mol. The monoisotopic (exact) mass is 315 g/mol. The van der Waals surface area contributed by atoms with Gasteiger partial charge >= 0.3 is 5.97 Å². The average molecular weight is 315 g/mol. The van der Waals surface area contributed by atoms with Gasteiger partial charge < -0.3 is 10.4 Å². The Balaban J connectivity index is 1.89. The summed E-state index contributed by atoms with van der Waals surface area (Å²) in [7, 11) is 0. The molecule has 2 N–H and O–H groups in total. The Morgan fingerprint density at radius 2 is 1.81 bits per heavy atom. The highest BCUT2D eigenvalue weighted by Crippen LogP contribution is 2.32. The summed E-state index contributed by atoms with van der Waals surface area (Å²) in [6.45, 7) is 0. The molecule has 1 fully saturated rings. The van der Waals surface area contributed by atoms with Crippen molar-refractivity contribution in [1.82, 2.24) is 0 Å². The number of carboxylic acid groups (broad SMARTS) is 1. The molecule has 0 bridgehead atoms. The number of carbonyl (C=O) groups excluding carboxylic acids is 1. The van der Waals surface area contributed by atoms with E-state index in [4.69, 9.17) is 5.11 Å². The summed E-state index contributed by atoms with van der Waals surface area (Å²) in [5.74, 6) is -4.31. The van der Waals surface area contributed by atoms with Crippen molar-refractivity contribution >= 4 is 29.3 Å². The van der Waals surface area contributed by atoms with Gasteiger partial charge in [-0.3, -0.25) is 9.59 Å². The minimum atomic E-state index is -2.48. The number of benzene rings is 1. The van der Waals surface area contributed by atoms with E-state index in [1.165, 1.54) is 12.1 Å². The Morgan fingerprint density at radius 1 is 1.19 bits per heavy atom. The number of amides is 1. The SMILES string of the molecule is O=C(O)C1CCC(C(=O)Nc2ccc(SC(F)F)cc2)C1. The molecule has 0 aliphatic heterocycles. The Kier molecular flexibility index (Phi) is 5.17. The first kappa shape index (κ1) is 15.8. The second-order valence-corrected chi connectivity index (χ2v) is 6.00. The van der Waals surface area contributed by atoms with Gasteiger partial charge in [0.1, 0.15) is 0 Å². The number of aliphatic carboxylic acids is 1. The Hall–Kier alpha value is -1.63. The van der Waals surface area contributed by atoms with Crippen LogP contribution in [0.4, 0.5) is 14.5 Å². The minimum Gasteiger partial charge on any atom is -0.481 e. The molecule has 0 radical (unpaired) electrons. The van der Waals surface area contributed by atoms with Crippen molar-refractivity contribution < 1.29 is 23.5 Å². The van der Waals surface area contributed by atoms with Gasteiger partial charge in [-0.25, -0.2) is 0 Å². The maximum atomic E-state index is 12.2. The highest BCUT2D eigenvalue weighted by atomic mass is 32.2. The number of anilines is 1. The van der Waals surface area contributed by atoms with E-state index in [-0.39, 0.29) is 11.8 Å². The fourth-order valence-electron chi connectivity index (χ4n) is 2.41. The van der Waals surface area contributed by atoms with Gasteiger partial charge in [-0.2, -0.15) is 8.78 Å². The van der Waals surface area contributed by atoms with E-state index in [0.717, 1.165) is 0 Å². The lowest BCUT2D eigenvalue weighted by Gasteiger charge is -2.11. The largest absolute Gasteiger partial charge is 0.481 e. The van der Waals surface area contributed by atoms with Crippen molar-refractivity contribution in [3.8, 4) is 0 Å². The van der Waals surface area contributed by atoms with Crippen LogP contribution in [0.25, 0.3) is 0 Å². The molecule has 1 aromatic rings. The fraction of sp³-hybridized carbons (Fsp3) is 0.429. The van der Waals surface area contributed by atoms with Gasteiger partial charge in [-0.05, 0) is 43.5 Å². The molecule has 1 amide bonds. The molecule has 1 aliphatic carbocycles. The second-order valence-electron chi connectivity index (χ2n) is 4.94. The van der Waals surface area contributed by atoms with Crippen LogP contribution in [0.2, 0.25) is 0 Å². The van der Waals surface area contributed by atoms with Crippen LogP contribution in [0.3, 0.4) is 0 Å². The zero-order chi connectivity index (χ0) is 15.4. The van der Waals surface area contributed by atoms with E-state index in [0.29, 0.717) is 41.6 Å². The molecule has 1 aliphatic rings. The van der Waals surface area contributed by atoms with Crippen LogP contribution in [-0.4, -0.2) is 22.7 Å². The summed E-state index contributed by atoms with van der Waals surface area (Å²) in [5.41, 5.74) is 0.525. The number of hydrogen-bond acceptors (Lipinski definition) is 3. The summed E-state index contributed by atoms with van der Waals surface area (Å²) in [4.78, 5) is 23.3. The second kappa shape index (κ2) is 6.89. The topological polar surface area (TPSA) is 66.4 Å². The number of alkyl halides is 2. The van der Waals surface area contributed by atoms with Gasteiger partial charge in [0.25, 0.3) is 5.76 Å². The molecule has 0 spiro atoms. The zero-order valence-electron chi connectivity index (χ0n) is 11.1. The van der Waals surface area contributed by atoms with Crippen LogP contribution in [0.1, 0.15) is 19.3 Å². The molecule has 0 saturated heterocycles. The first-order chi connectivity index (χ1) is 9.95. The van der Waals surface area contributed by atoms with E-state index < -0.39 is 17.6 Å². The van der Waals surface area contributed by atoms with Gasteiger partial charge in [0.05, 0.1) is 5.92 Å². The van der Waals surface area contributed by atoms with Crippen molar-refractivity contribution in [2.45, 2.75) is 29.9 Å². The number of nitrogens with one attached hydrogen (secondary N) is 1. The van der Waals surface area contributed by atoms with Gasteiger partial charge in [-0.15, -0.1) is 0 Å². The molecule has 1 saturated carbocycles. The fourth-order valence-corrected chi connectivity index (χ4v) is 2.91. The molecule has 2 unspecified atom stereocenters. The number of rotatable bonds is 5. The third-order valence-electron chi connectivity index (χ3n) is 3.50.